The van der Waals surface area contributed by atoms with Crippen LogP contribution in [0, 0.1) is 5.41 Å². The van der Waals surface area contributed by atoms with Gasteiger partial charge in [-0.15, -0.1) is 5.73 Å². The van der Waals surface area contributed by atoms with Crippen LogP contribution in [0.25, 0.3) is 0 Å². The highest BCUT2D eigenvalue weighted by Crippen LogP contribution is 2.44. The summed E-state index contributed by atoms with van der Waals surface area (Å²) in [6.45, 7) is 8.05. The van der Waals surface area contributed by atoms with E-state index in [9.17, 15) is 10.2 Å². The molecular weight excluding hydrogens is 200 g/mol. The van der Waals surface area contributed by atoms with Crippen molar-refractivity contribution in [3.63, 3.8) is 0 Å². The molecule has 0 saturated heterocycles. The summed E-state index contributed by atoms with van der Waals surface area (Å²) >= 11 is 0. The first-order valence-corrected chi connectivity index (χ1v) is 6.18. The van der Waals surface area contributed by atoms with Gasteiger partial charge in [0, 0.05) is 5.57 Å². The Morgan fingerprint density at radius 3 is 2.50 bits per heavy atom. The summed E-state index contributed by atoms with van der Waals surface area (Å²) < 4.78 is 0. The Morgan fingerprint density at radius 1 is 1.38 bits per heavy atom. The summed E-state index contributed by atoms with van der Waals surface area (Å²) in [5.41, 5.74) is 3.28. The fourth-order valence-electron chi connectivity index (χ4n) is 2.50. The molecule has 0 heterocycles. The number of aliphatic hydroxyl groups is 2. The molecule has 0 aromatic heterocycles. The van der Waals surface area contributed by atoms with Crippen molar-refractivity contribution in [1.29, 1.82) is 0 Å². The summed E-state index contributed by atoms with van der Waals surface area (Å²) in [7, 11) is 0. The minimum Gasteiger partial charge on any atom is -0.388 e. The Bertz CT molecular complexity index is 289. The van der Waals surface area contributed by atoms with E-state index in [1.807, 2.05) is 13.8 Å². The topological polar surface area (TPSA) is 40.5 Å². The van der Waals surface area contributed by atoms with E-state index in [4.69, 9.17) is 0 Å². The monoisotopic (exact) mass is 224 g/mol. The third kappa shape index (κ3) is 2.98. The summed E-state index contributed by atoms with van der Waals surface area (Å²) in [6.07, 6.45) is 4.80. The van der Waals surface area contributed by atoms with Crippen molar-refractivity contribution in [1.82, 2.24) is 0 Å². The maximum atomic E-state index is 10.4. The number of rotatable bonds is 2. The highest BCUT2D eigenvalue weighted by molar-refractivity contribution is 5.24. The standard InChI is InChI=1S/C14H24O2/c1-5-11(15)7-8-12-13(2,3)9-6-10-14(12,4)16/h7,11,15-16H,5-6,9-10H2,1-4H3. The van der Waals surface area contributed by atoms with E-state index in [1.165, 1.54) is 0 Å². The van der Waals surface area contributed by atoms with Crippen LogP contribution < -0.4 is 0 Å². The van der Waals surface area contributed by atoms with Gasteiger partial charge >= 0.3 is 0 Å². The summed E-state index contributed by atoms with van der Waals surface area (Å²) in [6, 6.07) is 0. The van der Waals surface area contributed by atoms with Gasteiger partial charge in [0.05, 0.1) is 11.7 Å². The molecule has 0 aliphatic heterocycles. The van der Waals surface area contributed by atoms with Crippen molar-refractivity contribution in [3.05, 3.63) is 17.4 Å². The van der Waals surface area contributed by atoms with E-state index >= 15 is 0 Å². The molecule has 1 aliphatic carbocycles. The largest absolute Gasteiger partial charge is 0.388 e. The molecule has 1 saturated carbocycles. The van der Waals surface area contributed by atoms with Crippen LogP contribution in [-0.4, -0.2) is 21.9 Å². The average molecular weight is 224 g/mol. The van der Waals surface area contributed by atoms with E-state index in [-0.39, 0.29) is 5.41 Å². The summed E-state index contributed by atoms with van der Waals surface area (Å²) in [5, 5.41) is 19.9. The van der Waals surface area contributed by atoms with Gasteiger partial charge < -0.3 is 10.2 Å². The number of hydrogen-bond acceptors (Lipinski definition) is 2. The maximum absolute atomic E-state index is 10.4. The molecule has 1 fully saturated rings. The minimum absolute atomic E-state index is 0.0221. The smallest absolute Gasteiger partial charge is 0.0907 e. The van der Waals surface area contributed by atoms with Crippen molar-refractivity contribution < 1.29 is 10.2 Å². The van der Waals surface area contributed by atoms with E-state index in [0.717, 1.165) is 24.8 Å². The Labute approximate surface area is 98.7 Å². The van der Waals surface area contributed by atoms with Crippen LogP contribution in [0.1, 0.15) is 53.4 Å². The van der Waals surface area contributed by atoms with Gasteiger partial charge in [0.1, 0.15) is 0 Å². The first-order chi connectivity index (χ1) is 7.29. The molecule has 2 N–H and O–H groups in total. The van der Waals surface area contributed by atoms with Crippen molar-refractivity contribution >= 4 is 0 Å². The zero-order valence-corrected chi connectivity index (χ0v) is 10.9. The Hall–Kier alpha value is -0.560. The lowest BCUT2D eigenvalue weighted by Gasteiger charge is -2.41. The molecule has 1 aliphatic rings. The van der Waals surface area contributed by atoms with Gasteiger partial charge in [-0.1, -0.05) is 20.8 Å². The molecule has 1 rings (SSSR count). The first-order valence-electron chi connectivity index (χ1n) is 6.18. The highest BCUT2D eigenvalue weighted by atomic mass is 16.3. The second kappa shape index (κ2) is 4.75. The van der Waals surface area contributed by atoms with Crippen LogP contribution in [0.15, 0.2) is 17.4 Å². The van der Waals surface area contributed by atoms with Gasteiger partial charge in [-0.2, -0.15) is 0 Å². The number of hydrogen-bond donors (Lipinski definition) is 2. The molecule has 0 bridgehead atoms. The van der Waals surface area contributed by atoms with E-state index in [0.29, 0.717) is 6.42 Å². The third-order valence-electron chi connectivity index (χ3n) is 3.52. The molecule has 0 radical (unpaired) electrons. The molecule has 0 aromatic carbocycles. The molecule has 0 amide bonds. The lowest BCUT2D eigenvalue weighted by molar-refractivity contribution is 0.0400. The average Bonchev–Trinajstić information content (AvgIpc) is 2.14. The fraction of sp³-hybridized carbons (Fsp3) is 0.786. The van der Waals surface area contributed by atoms with Crippen LogP contribution in [0.5, 0.6) is 0 Å². The molecule has 2 heteroatoms. The molecule has 0 aromatic rings. The summed E-state index contributed by atoms with van der Waals surface area (Å²) in [5.74, 6) is 0. The van der Waals surface area contributed by atoms with Crippen LogP contribution in [0.2, 0.25) is 0 Å². The molecule has 2 unspecified atom stereocenters. The Balaban J connectivity index is 3.08. The van der Waals surface area contributed by atoms with Gasteiger partial charge in [0.15, 0.2) is 0 Å². The number of aliphatic hydroxyl groups excluding tert-OH is 1. The van der Waals surface area contributed by atoms with Crippen molar-refractivity contribution in [2.45, 2.75) is 65.1 Å². The molecule has 92 valence electrons. The van der Waals surface area contributed by atoms with E-state index in [2.05, 4.69) is 19.6 Å². The zero-order chi connectivity index (χ0) is 12.4. The first kappa shape index (κ1) is 13.5. The predicted molar refractivity (Wildman–Crippen MR) is 66.1 cm³/mol. The Kier molecular flexibility index (Phi) is 4.01. The van der Waals surface area contributed by atoms with Crippen LogP contribution >= 0.6 is 0 Å². The van der Waals surface area contributed by atoms with E-state index in [1.54, 1.807) is 6.08 Å². The van der Waals surface area contributed by atoms with Gasteiger partial charge in [-0.3, -0.25) is 0 Å². The molecule has 2 nitrogen and oxygen atoms in total. The predicted octanol–water partition coefficient (Wildman–Crippen LogP) is 2.80. The lowest BCUT2D eigenvalue weighted by Crippen LogP contribution is -2.39. The molecule has 16 heavy (non-hydrogen) atoms. The molecule has 2 atom stereocenters. The molecular formula is C14H24O2. The van der Waals surface area contributed by atoms with Gasteiger partial charge in [-0.05, 0) is 44.1 Å². The SMILES string of the molecule is CCC(O)C=C=C1C(C)(C)CCCC1(C)O. The van der Waals surface area contributed by atoms with Crippen LogP contribution in [-0.2, 0) is 0 Å². The Morgan fingerprint density at radius 2 is 2.00 bits per heavy atom. The van der Waals surface area contributed by atoms with Gasteiger partial charge in [0.25, 0.3) is 0 Å². The quantitative estimate of drug-likeness (QED) is 0.708. The second-order valence-corrected chi connectivity index (χ2v) is 5.67. The van der Waals surface area contributed by atoms with Crippen LogP contribution in [0.4, 0.5) is 0 Å². The normalized spacial score (nSPS) is 30.8. The maximum Gasteiger partial charge on any atom is 0.0907 e. The van der Waals surface area contributed by atoms with E-state index < -0.39 is 11.7 Å². The highest BCUT2D eigenvalue weighted by Gasteiger charge is 2.40. The van der Waals surface area contributed by atoms with Crippen molar-refractivity contribution in [2.24, 2.45) is 5.41 Å². The van der Waals surface area contributed by atoms with Crippen molar-refractivity contribution in [2.75, 3.05) is 0 Å². The summed E-state index contributed by atoms with van der Waals surface area (Å²) in [4.78, 5) is 0. The van der Waals surface area contributed by atoms with Crippen LogP contribution in [0.3, 0.4) is 0 Å². The second-order valence-electron chi connectivity index (χ2n) is 5.67. The fourth-order valence-corrected chi connectivity index (χ4v) is 2.50. The van der Waals surface area contributed by atoms with Gasteiger partial charge in [0.2, 0.25) is 0 Å². The lowest BCUT2D eigenvalue weighted by atomic mass is 9.66. The zero-order valence-electron chi connectivity index (χ0n) is 10.9. The molecule has 0 spiro atoms. The third-order valence-corrected chi connectivity index (χ3v) is 3.52. The van der Waals surface area contributed by atoms with Crippen molar-refractivity contribution in [3.8, 4) is 0 Å². The minimum atomic E-state index is -0.772. The van der Waals surface area contributed by atoms with Gasteiger partial charge in [-0.25, -0.2) is 0 Å².